The van der Waals surface area contributed by atoms with Crippen LogP contribution >= 0.6 is 31.9 Å². The summed E-state index contributed by atoms with van der Waals surface area (Å²) in [6, 6.07) is 30.4. The normalized spacial score (nSPS) is 19.6. The summed E-state index contributed by atoms with van der Waals surface area (Å²) in [7, 11) is 0. The fourth-order valence-electron chi connectivity index (χ4n) is 10.8. The van der Waals surface area contributed by atoms with Crippen LogP contribution in [0, 0.1) is 0 Å². The second-order valence-corrected chi connectivity index (χ2v) is 21.2. The van der Waals surface area contributed by atoms with Gasteiger partial charge in [0.1, 0.15) is 12.1 Å². The predicted octanol–water partition coefficient (Wildman–Crippen LogP) is 15.4. The van der Waals surface area contributed by atoms with Crippen molar-refractivity contribution >= 4 is 87.6 Å². The van der Waals surface area contributed by atoms with Crippen LogP contribution in [0.5, 0.6) is 0 Å². The van der Waals surface area contributed by atoms with Crippen molar-refractivity contribution in [1.82, 2.24) is 0 Å². The number of benzene rings is 5. The molecule has 0 saturated carbocycles. The summed E-state index contributed by atoms with van der Waals surface area (Å²) in [5.41, 5.74) is 10.9. The van der Waals surface area contributed by atoms with E-state index in [1.807, 2.05) is 12.1 Å². The molecule has 5 aromatic rings. The maximum atomic E-state index is 14.3. The smallest absolute Gasteiger partial charge is 0.349 e. The first kappa shape index (κ1) is 45.0. The molecule has 0 atom stereocenters. The van der Waals surface area contributed by atoms with E-state index in [1.54, 1.807) is 13.8 Å². The zero-order chi connectivity index (χ0) is 46.0. The molecule has 0 fully saturated rings. The van der Waals surface area contributed by atoms with Crippen molar-refractivity contribution in [2.75, 3.05) is 18.0 Å². The van der Waals surface area contributed by atoms with Gasteiger partial charge in [0.25, 0.3) is 11.7 Å². The summed E-state index contributed by atoms with van der Waals surface area (Å²) in [5, 5.41) is 16.7. The molecule has 9 rings (SSSR count). The van der Waals surface area contributed by atoms with Crippen LogP contribution in [0.1, 0.15) is 116 Å². The van der Waals surface area contributed by atoms with Gasteiger partial charge in [-0.3, -0.25) is 0 Å². The Morgan fingerprint density at radius 2 is 1.34 bits per heavy atom. The summed E-state index contributed by atoms with van der Waals surface area (Å²) in [5.74, 6) is -2.40. The molecule has 0 aromatic heterocycles. The summed E-state index contributed by atoms with van der Waals surface area (Å²) in [6.45, 7) is 18.8. The second kappa shape index (κ2) is 17.2. The zero-order valence-electron chi connectivity index (χ0n) is 38.9. The van der Waals surface area contributed by atoms with E-state index in [1.165, 1.54) is 55.5 Å². The van der Waals surface area contributed by atoms with Crippen molar-refractivity contribution in [2.24, 2.45) is 0 Å². The average Bonchev–Trinajstić information content (AvgIpc) is 3.76. The third-order valence-electron chi connectivity index (χ3n) is 13.8. The third kappa shape index (κ3) is 7.82. The minimum absolute atomic E-state index is 0.0190. The topological polar surface area (TPSA) is 62.0 Å². The lowest BCUT2D eigenvalue weighted by Gasteiger charge is -2.31. The molecule has 4 aliphatic rings. The van der Waals surface area contributed by atoms with Crippen LogP contribution in [-0.2, 0) is 25.1 Å². The third-order valence-corrected chi connectivity index (χ3v) is 14.8. The highest BCUT2D eigenvalue weighted by atomic mass is 79.9. The molecule has 334 valence electrons. The van der Waals surface area contributed by atoms with Crippen molar-refractivity contribution in [3.8, 4) is 0 Å². The Labute approximate surface area is 401 Å². The maximum Gasteiger partial charge on any atom is 0.349 e. The standard InChI is InChI=1S/C57H58Br2N2O4/c1-9-11-15-31-60-45-27-19-35-33-37(58)21-23-39(35)51(45)55(3,4)47(60)29-25-43-41-17-13-14-18-42(41)44(49(43)50-53(62)64-57(7,8)65-54(50)63)26-30-48-56(5,6)52-40-24-22-38(59)34-36(40)20-28-46(52)61(48)32-16-12-10-2/h13-14,17-30,33-34H,9-12,15-16,31-32H2,1-8H3/p+1/b43-25+,47-29+. The van der Waals surface area contributed by atoms with Crippen LogP contribution in [0.25, 0.3) is 32.7 Å². The minimum atomic E-state index is -1.33. The summed E-state index contributed by atoms with van der Waals surface area (Å²) >= 11 is 7.41. The number of hydrogen-bond acceptors (Lipinski definition) is 5. The number of ether oxygens (including phenoxy) is 2. The summed E-state index contributed by atoms with van der Waals surface area (Å²) in [6.07, 6.45) is 15.4. The number of nitrogens with zero attached hydrogens (tertiary/aromatic N) is 2. The molecule has 8 heteroatoms. The van der Waals surface area contributed by atoms with E-state index in [-0.39, 0.29) is 16.4 Å². The number of rotatable bonds is 12. The molecule has 0 radical (unpaired) electrons. The Kier molecular flexibility index (Phi) is 11.9. The summed E-state index contributed by atoms with van der Waals surface area (Å²) < 4.78 is 16.5. The Morgan fingerprint density at radius 3 is 2.02 bits per heavy atom. The molecule has 0 saturated heterocycles. The predicted molar refractivity (Wildman–Crippen MR) is 275 cm³/mol. The van der Waals surface area contributed by atoms with Crippen LogP contribution in [0.3, 0.4) is 0 Å². The monoisotopic (exact) mass is 993 g/mol. The fourth-order valence-corrected chi connectivity index (χ4v) is 11.6. The number of allylic oxidation sites excluding steroid dienone is 7. The number of anilines is 1. The van der Waals surface area contributed by atoms with E-state index in [2.05, 4.69) is 180 Å². The minimum Gasteiger partial charge on any atom is -0.480 e. The van der Waals surface area contributed by atoms with Crippen molar-refractivity contribution in [3.63, 3.8) is 0 Å². The molecule has 0 unspecified atom stereocenters. The lowest BCUT2D eigenvalue weighted by Crippen LogP contribution is -2.37. The van der Waals surface area contributed by atoms with E-state index in [0.717, 1.165) is 82.8 Å². The number of aliphatic hydroxyl groups is 1. The average molecular weight is 996 g/mol. The molecule has 0 spiro atoms. The van der Waals surface area contributed by atoms with Gasteiger partial charge in [-0.15, -0.1) is 0 Å². The van der Waals surface area contributed by atoms with Gasteiger partial charge in [-0.2, -0.15) is 4.58 Å². The van der Waals surface area contributed by atoms with Crippen LogP contribution in [0.4, 0.5) is 11.4 Å². The lowest BCUT2D eigenvalue weighted by atomic mass is 9.79. The van der Waals surface area contributed by atoms with Gasteiger partial charge < -0.3 is 19.5 Å². The van der Waals surface area contributed by atoms with Gasteiger partial charge in [0.15, 0.2) is 5.71 Å². The van der Waals surface area contributed by atoms with E-state index >= 15 is 0 Å². The zero-order valence-corrected chi connectivity index (χ0v) is 42.0. The van der Waals surface area contributed by atoms with Crippen LogP contribution in [0.2, 0.25) is 0 Å². The number of esters is 1. The van der Waals surface area contributed by atoms with Crippen LogP contribution in [0.15, 0.2) is 141 Å². The number of fused-ring (bicyclic) bond motifs is 7. The van der Waals surface area contributed by atoms with Crippen molar-refractivity contribution < 1.29 is 24.0 Å². The molecule has 65 heavy (non-hydrogen) atoms. The lowest BCUT2D eigenvalue weighted by molar-refractivity contribution is -0.438. The van der Waals surface area contributed by atoms with Gasteiger partial charge >= 0.3 is 5.97 Å². The maximum absolute atomic E-state index is 14.3. The highest BCUT2D eigenvalue weighted by Crippen LogP contribution is 2.53. The number of aliphatic hydroxyl groups excluding tert-OH is 1. The van der Waals surface area contributed by atoms with Gasteiger partial charge in [-0.05, 0) is 125 Å². The largest absolute Gasteiger partial charge is 0.480 e. The van der Waals surface area contributed by atoms with E-state index in [4.69, 9.17) is 9.47 Å². The van der Waals surface area contributed by atoms with E-state index in [9.17, 15) is 9.90 Å². The quantitative estimate of drug-likeness (QED) is 0.0767. The Balaban J connectivity index is 1.26. The molecule has 0 bridgehead atoms. The summed E-state index contributed by atoms with van der Waals surface area (Å²) in [4.78, 5) is 16.8. The molecular formula is C57H59Br2N2O4+. The first-order valence-corrected chi connectivity index (χ1v) is 24.8. The van der Waals surface area contributed by atoms with Gasteiger partial charge in [0, 0.05) is 75.8 Å². The molecular weight excluding hydrogens is 936 g/mol. The molecule has 6 nitrogen and oxygen atoms in total. The van der Waals surface area contributed by atoms with E-state index < -0.39 is 17.7 Å². The van der Waals surface area contributed by atoms with Crippen LogP contribution < -0.4 is 4.90 Å². The fraction of sp³-hybridized carbons (Fsp3) is 0.333. The second-order valence-electron chi connectivity index (χ2n) is 19.4. The Bertz CT molecular complexity index is 3000. The molecule has 3 aliphatic heterocycles. The molecule has 3 heterocycles. The molecule has 0 amide bonds. The molecule has 1 aliphatic carbocycles. The Morgan fingerprint density at radius 1 is 0.692 bits per heavy atom. The van der Waals surface area contributed by atoms with Gasteiger partial charge in [0.05, 0.1) is 5.41 Å². The number of halogens is 2. The Hall–Kier alpha value is -5.18. The number of unbranched alkanes of at least 4 members (excludes halogenated alkanes) is 4. The highest BCUT2D eigenvalue weighted by molar-refractivity contribution is 9.10. The first-order chi connectivity index (χ1) is 31.1. The molecule has 5 aromatic carbocycles. The number of carbonyl (C=O) groups is 1. The highest BCUT2D eigenvalue weighted by Gasteiger charge is 2.47. The van der Waals surface area contributed by atoms with Crippen molar-refractivity contribution in [3.05, 3.63) is 163 Å². The van der Waals surface area contributed by atoms with Gasteiger partial charge in [0.2, 0.25) is 5.69 Å². The van der Waals surface area contributed by atoms with E-state index in [0.29, 0.717) is 5.57 Å². The number of cyclic esters (lactones) is 1. The number of hydrogen-bond donors (Lipinski definition) is 1. The van der Waals surface area contributed by atoms with Crippen molar-refractivity contribution in [1.29, 1.82) is 0 Å². The van der Waals surface area contributed by atoms with Crippen molar-refractivity contribution in [2.45, 2.75) is 111 Å². The molecule has 1 N–H and O–H groups in total. The van der Waals surface area contributed by atoms with Gasteiger partial charge in [-0.25, -0.2) is 4.79 Å². The van der Waals surface area contributed by atoms with Gasteiger partial charge in [-0.1, -0.05) is 127 Å². The van der Waals surface area contributed by atoms with Crippen LogP contribution in [-0.4, -0.2) is 40.2 Å². The first-order valence-electron chi connectivity index (χ1n) is 23.3. The SMILES string of the molecule is CCCCCN1/C(=C/C=C2C(C3=C(O)OC(C)(C)OC3=O)=C(/C=C/C3=[N+](CCCCC)c4ccc5cc(Br)ccc5c4C3(C)C)c3ccccc3/2)C(C)(C)c2c1ccc1cc(Br)ccc21. The number of carbonyl (C=O) groups excluding carboxylic acids is 1.